The number of Topliss-reactive ketones (excluding diaryl/α,β-unsaturated/α-hetero) is 1. The zero-order valence-corrected chi connectivity index (χ0v) is 10.0. The average Bonchev–Trinajstić information content (AvgIpc) is 2.29. The minimum Gasteiger partial charge on any atom is -0.460 e. The van der Waals surface area contributed by atoms with Crippen LogP contribution in [0.4, 0.5) is 0 Å². The van der Waals surface area contributed by atoms with E-state index in [0.29, 0.717) is 17.0 Å². The van der Waals surface area contributed by atoms with Gasteiger partial charge in [0.15, 0.2) is 0 Å². The first-order valence-corrected chi connectivity index (χ1v) is 5.47. The molecular weight excluding hydrogens is 228 g/mol. The van der Waals surface area contributed by atoms with Crippen molar-refractivity contribution in [2.45, 2.75) is 20.3 Å². The lowest BCUT2D eigenvalue weighted by atomic mass is 10.1. The van der Waals surface area contributed by atoms with Crippen molar-refractivity contribution in [3.05, 3.63) is 34.3 Å². The summed E-state index contributed by atoms with van der Waals surface area (Å²) < 4.78 is 4.64. The van der Waals surface area contributed by atoms with Crippen LogP contribution in [0.1, 0.15) is 29.8 Å². The van der Waals surface area contributed by atoms with Gasteiger partial charge in [-0.25, -0.2) is 4.79 Å². The topological polar surface area (TPSA) is 43.4 Å². The molecule has 0 bridgehead atoms. The number of aryl methyl sites for hydroxylation is 1. The third kappa shape index (κ3) is 2.83. The van der Waals surface area contributed by atoms with Crippen LogP contribution in [0.3, 0.4) is 0 Å². The zero-order valence-electron chi connectivity index (χ0n) is 9.25. The molecule has 0 saturated heterocycles. The lowest BCUT2D eigenvalue weighted by Gasteiger charge is -2.04. The molecule has 0 aliphatic carbocycles. The Morgan fingerprint density at radius 1 is 1.31 bits per heavy atom. The number of halogens is 1. The van der Waals surface area contributed by atoms with Crippen molar-refractivity contribution in [3.8, 4) is 0 Å². The highest BCUT2D eigenvalue weighted by Gasteiger charge is 2.17. The highest BCUT2D eigenvalue weighted by molar-refractivity contribution is 6.41. The number of ketones is 1. The summed E-state index contributed by atoms with van der Waals surface area (Å²) in [6, 6.07) is 4.77. The number of esters is 1. The predicted octanol–water partition coefficient (Wildman–Crippen LogP) is 2.65. The minimum absolute atomic E-state index is 0.193. The summed E-state index contributed by atoms with van der Waals surface area (Å²) in [4.78, 5) is 22.8. The first-order chi connectivity index (χ1) is 7.60. The summed E-state index contributed by atoms with van der Waals surface area (Å²) in [5, 5.41) is 0.600. The fraction of sp³-hybridized carbons (Fsp3) is 0.333. The van der Waals surface area contributed by atoms with Gasteiger partial charge in [0.05, 0.1) is 6.61 Å². The fourth-order valence-electron chi connectivity index (χ4n) is 1.30. The Balaban J connectivity index is 2.96. The number of carbonyl (C=O) groups is 2. The van der Waals surface area contributed by atoms with E-state index in [9.17, 15) is 9.59 Å². The Bertz CT molecular complexity index is 413. The second-order valence-corrected chi connectivity index (χ2v) is 3.62. The van der Waals surface area contributed by atoms with Gasteiger partial charge in [-0.2, -0.15) is 0 Å². The summed E-state index contributed by atoms with van der Waals surface area (Å²) in [6.45, 7) is 3.78. The standard InChI is InChI=1S/C12H13ClO3/c1-3-8-7-9(5-6-10(8)13)11(14)12(15)16-4-2/h5-7H,3-4H2,1-2H3. The Labute approximate surface area is 99.4 Å². The molecule has 0 amide bonds. The van der Waals surface area contributed by atoms with Crippen LogP contribution in [0.15, 0.2) is 18.2 Å². The molecule has 0 radical (unpaired) electrons. The van der Waals surface area contributed by atoms with Gasteiger partial charge in [-0.15, -0.1) is 0 Å². The number of carbonyl (C=O) groups excluding carboxylic acids is 2. The quantitative estimate of drug-likeness (QED) is 0.462. The summed E-state index contributed by atoms with van der Waals surface area (Å²) in [5.74, 6) is -1.46. The average molecular weight is 241 g/mol. The molecule has 0 aromatic heterocycles. The lowest BCUT2D eigenvalue weighted by molar-refractivity contribution is -0.137. The van der Waals surface area contributed by atoms with E-state index in [-0.39, 0.29) is 6.61 Å². The number of ether oxygens (including phenoxy) is 1. The van der Waals surface area contributed by atoms with Crippen molar-refractivity contribution in [1.82, 2.24) is 0 Å². The molecule has 0 spiro atoms. The van der Waals surface area contributed by atoms with Gasteiger partial charge in [0.1, 0.15) is 0 Å². The number of benzene rings is 1. The largest absolute Gasteiger partial charge is 0.460 e. The molecule has 3 nitrogen and oxygen atoms in total. The Morgan fingerprint density at radius 3 is 2.56 bits per heavy atom. The molecule has 86 valence electrons. The van der Waals surface area contributed by atoms with Crippen LogP contribution in [-0.2, 0) is 16.0 Å². The van der Waals surface area contributed by atoms with E-state index in [4.69, 9.17) is 11.6 Å². The predicted molar refractivity (Wildman–Crippen MR) is 61.8 cm³/mol. The van der Waals surface area contributed by atoms with Crippen LogP contribution in [0, 0.1) is 0 Å². The molecule has 0 heterocycles. The van der Waals surface area contributed by atoms with Crippen LogP contribution in [0.5, 0.6) is 0 Å². The Kier molecular flexibility index (Phi) is 4.50. The molecule has 0 fully saturated rings. The maximum Gasteiger partial charge on any atom is 0.379 e. The summed E-state index contributed by atoms with van der Waals surface area (Å²) in [7, 11) is 0. The molecule has 0 atom stereocenters. The molecule has 1 rings (SSSR count). The van der Waals surface area contributed by atoms with Gasteiger partial charge < -0.3 is 4.74 Å². The molecule has 0 saturated carbocycles. The van der Waals surface area contributed by atoms with Crippen LogP contribution in [-0.4, -0.2) is 18.4 Å². The maximum atomic E-state index is 11.6. The van der Waals surface area contributed by atoms with Gasteiger partial charge in [0.25, 0.3) is 5.78 Å². The Morgan fingerprint density at radius 2 is 2.00 bits per heavy atom. The van der Waals surface area contributed by atoms with E-state index in [2.05, 4.69) is 4.74 Å². The van der Waals surface area contributed by atoms with Gasteiger partial charge in [-0.1, -0.05) is 18.5 Å². The smallest absolute Gasteiger partial charge is 0.379 e. The molecule has 1 aromatic rings. The lowest BCUT2D eigenvalue weighted by Crippen LogP contribution is -2.17. The van der Waals surface area contributed by atoms with Gasteiger partial charge in [0.2, 0.25) is 0 Å². The molecule has 0 N–H and O–H groups in total. The molecule has 4 heteroatoms. The molecule has 0 aliphatic rings. The molecule has 0 unspecified atom stereocenters. The van der Waals surface area contributed by atoms with Crippen LogP contribution < -0.4 is 0 Å². The van der Waals surface area contributed by atoms with Crippen molar-refractivity contribution >= 4 is 23.4 Å². The van der Waals surface area contributed by atoms with Crippen LogP contribution >= 0.6 is 11.6 Å². The van der Waals surface area contributed by atoms with Gasteiger partial charge in [-0.05, 0) is 37.1 Å². The summed E-state index contributed by atoms with van der Waals surface area (Å²) in [5.41, 5.74) is 1.16. The van der Waals surface area contributed by atoms with Crippen LogP contribution in [0.25, 0.3) is 0 Å². The highest BCUT2D eigenvalue weighted by Crippen LogP contribution is 2.18. The normalized spacial score (nSPS) is 9.94. The van der Waals surface area contributed by atoms with E-state index in [0.717, 1.165) is 5.56 Å². The molecular formula is C12H13ClO3. The van der Waals surface area contributed by atoms with Crippen LogP contribution in [0.2, 0.25) is 5.02 Å². The molecule has 1 aromatic carbocycles. The van der Waals surface area contributed by atoms with E-state index in [1.165, 1.54) is 6.07 Å². The molecule has 0 aliphatic heterocycles. The second-order valence-electron chi connectivity index (χ2n) is 3.21. The second kappa shape index (κ2) is 5.66. The Hall–Kier alpha value is -1.35. The first-order valence-electron chi connectivity index (χ1n) is 5.10. The van der Waals surface area contributed by atoms with Crippen molar-refractivity contribution in [2.75, 3.05) is 6.61 Å². The van der Waals surface area contributed by atoms with Gasteiger partial charge >= 0.3 is 5.97 Å². The monoisotopic (exact) mass is 240 g/mol. The number of rotatable bonds is 4. The number of hydrogen-bond donors (Lipinski definition) is 0. The van der Waals surface area contributed by atoms with Crippen molar-refractivity contribution < 1.29 is 14.3 Å². The SMILES string of the molecule is CCOC(=O)C(=O)c1ccc(Cl)c(CC)c1. The number of hydrogen-bond acceptors (Lipinski definition) is 3. The van der Waals surface area contributed by atoms with E-state index >= 15 is 0 Å². The fourth-order valence-corrected chi connectivity index (χ4v) is 1.55. The summed E-state index contributed by atoms with van der Waals surface area (Å²) >= 11 is 5.91. The highest BCUT2D eigenvalue weighted by atomic mass is 35.5. The van der Waals surface area contributed by atoms with Crippen molar-refractivity contribution in [1.29, 1.82) is 0 Å². The van der Waals surface area contributed by atoms with E-state index in [1.54, 1.807) is 19.1 Å². The maximum absolute atomic E-state index is 11.6. The van der Waals surface area contributed by atoms with Crippen molar-refractivity contribution in [3.63, 3.8) is 0 Å². The first kappa shape index (κ1) is 12.7. The third-order valence-electron chi connectivity index (χ3n) is 2.15. The van der Waals surface area contributed by atoms with Gasteiger partial charge in [0, 0.05) is 10.6 Å². The zero-order chi connectivity index (χ0) is 12.1. The summed E-state index contributed by atoms with van der Waals surface area (Å²) in [6.07, 6.45) is 0.711. The van der Waals surface area contributed by atoms with Gasteiger partial charge in [-0.3, -0.25) is 4.79 Å². The minimum atomic E-state index is -0.827. The van der Waals surface area contributed by atoms with Crippen molar-refractivity contribution in [2.24, 2.45) is 0 Å². The molecule has 16 heavy (non-hydrogen) atoms. The third-order valence-corrected chi connectivity index (χ3v) is 2.52. The van der Waals surface area contributed by atoms with E-state index in [1.807, 2.05) is 6.92 Å². The van der Waals surface area contributed by atoms with E-state index < -0.39 is 11.8 Å².